The lowest BCUT2D eigenvalue weighted by Gasteiger charge is -2.15. The Balaban J connectivity index is 2.42. The zero-order chi connectivity index (χ0) is 14.1. The molecule has 1 amide bonds. The third-order valence-electron chi connectivity index (χ3n) is 2.26. The highest BCUT2D eigenvalue weighted by Gasteiger charge is 2.12. The molecule has 0 aliphatic carbocycles. The van der Waals surface area contributed by atoms with Crippen molar-refractivity contribution in [1.82, 2.24) is 4.90 Å². The van der Waals surface area contributed by atoms with Crippen LogP contribution < -0.4 is 4.74 Å². The molecular weight excluding hydrogens is 266 g/mol. The lowest BCUT2D eigenvalue weighted by molar-refractivity contribution is -0.130. The van der Waals surface area contributed by atoms with E-state index in [1.807, 2.05) is 12.1 Å². The van der Waals surface area contributed by atoms with Crippen LogP contribution in [0.2, 0.25) is 5.02 Å². The Bertz CT molecular complexity index is 503. The first kappa shape index (κ1) is 14.8. The quantitative estimate of drug-likeness (QED) is 0.745. The summed E-state index contributed by atoms with van der Waals surface area (Å²) in [5, 5.41) is 17.6. The van der Waals surface area contributed by atoms with Crippen LogP contribution in [0.25, 0.3) is 0 Å². The van der Waals surface area contributed by atoms with Crippen molar-refractivity contribution in [3.63, 3.8) is 0 Å². The molecule has 0 aromatic heterocycles. The van der Waals surface area contributed by atoms with Gasteiger partial charge < -0.3 is 9.64 Å². The van der Waals surface area contributed by atoms with Gasteiger partial charge in [0.25, 0.3) is 0 Å². The third kappa shape index (κ3) is 5.29. The average molecular weight is 278 g/mol. The molecule has 0 radical (unpaired) electrons. The van der Waals surface area contributed by atoms with E-state index in [0.717, 1.165) is 0 Å². The van der Waals surface area contributed by atoms with Crippen LogP contribution >= 0.6 is 11.6 Å². The van der Waals surface area contributed by atoms with Gasteiger partial charge in [0, 0.05) is 5.02 Å². The number of halogens is 1. The number of rotatable bonds is 6. The Labute approximate surface area is 116 Å². The van der Waals surface area contributed by atoms with E-state index in [2.05, 4.69) is 0 Å². The number of nitriles is 2. The third-order valence-corrected chi connectivity index (χ3v) is 2.49. The molecule has 98 valence electrons. The van der Waals surface area contributed by atoms with Crippen molar-refractivity contribution in [3.8, 4) is 17.9 Å². The molecule has 0 aliphatic rings. The first-order chi connectivity index (χ1) is 9.17. The molecule has 0 saturated heterocycles. The fourth-order valence-corrected chi connectivity index (χ4v) is 1.55. The predicted octanol–water partition coefficient (Wildman–Crippen LogP) is 1.98. The smallest absolute Gasteiger partial charge is 0.227 e. The lowest BCUT2D eigenvalue weighted by Crippen LogP contribution is -2.32. The van der Waals surface area contributed by atoms with Crippen molar-refractivity contribution in [3.05, 3.63) is 29.3 Å². The summed E-state index contributed by atoms with van der Waals surface area (Å²) in [4.78, 5) is 12.9. The van der Waals surface area contributed by atoms with Gasteiger partial charge in [0.2, 0.25) is 5.91 Å². The van der Waals surface area contributed by atoms with E-state index >= 15 is 0 Å². The maximum Gasteiger partial charge on any atom is 0.227 e. The molecule has 1 aromatic rings. The van der Waals surface area contributed by atoms with Crippen LogP contribution in [0, 0.1) is 22.7 Å². The number of carbonyl (C=O) groups is 1. The minimum absolute atomic E-state index is 0.0937. The first-order valence-electron chi connectivity index (χ1n) is 5.57. The van der Waals surface area contributed by atoms with Gasteiger partial charge in [-0.1, -0.05) is 17.7 Å². The molecule has 0 unspecified atom stereocenters. The fourth-order valence-electron chi connectivity index (χ4n) is 1.37. The molecule has 0 heterocycles. The second kappa shape index (κ2) is 7.97. The van der Waals surface area contributed by atoms with Crippen molar-refractivity contribution >= 4 is 17.5 Å². The van der Waals surface area contributed by atoms with Gasteiger partial charge in [-0.2, -0.15) is 10.5 Å². The summed E-state index contributed by atoms with van der Waals surface area (Å²) in [6.07, 6.45) is 0.107. The average Bonchev–Trinajstić information content (AvgIpc) is 2.38. The van der Waals surface area contributed by atoms with Crippen molar-refractivity contribution in [2.24, 2.45) is 0 Å². The van der Waals surface area contributed by atoms with Crippen LogP contribution in [-0.2, 0) is 4.79 Å². The van der Waals surface area contributed by atoms with Gasteiger partial charge in [-0.05, 0) is 18.2 Å². The van der Waals surface area contributed by atoms with Gasteiger partial charge in [0.1, 0.15) is 18.8 Å². The summed E-state index contributed by atoms with van der Waals surface area (Å²) in [5.41, 5.74) is 0. The number of carbonyl (C=O) groups excluding carboxylic acids is 1. The number of nitrogens with zero attached hydrogens (tertiary/aromatic N) is 3. The molecule has 1 rings (SSSR count). The molecule has 1 aromatic carbocycles. The van der Waals surface area contributed by atoms with Crippen molar-refractivity contribution < 1.29 is 9.53 Å². The highest BCUT2D eigenvalue weighted by Crippen LogP contribution is 2.17. The van der Waals surface area contributed by atoms with Crippen LogP contribution in [0.15, 0.2) is 24.3 Å². The Morgan fingerprint density at radius 3 is 2.58 bits per heavy atom. The molecule has 0 fully saturated rings. The first-order valence-corrected chi connectivity index (χ1v) is 5.95. The van der Waals surface area contributed by atoms with Crippen molar-refractivity contribution in [1.29, 1.82) is 10.5 Å². The summed E-state index contributed by atoms with van der Waals surface area (Å²) < 4.78 is 5.37. The molecule has 0 bridgehead atoms. The van der Waals surface area contributed by atoms with Crippen molar-refractivity contribution in [2.45, 2.75) is 6.42 Å². The fraction of sp³-hybridized carbons (Fsp3) is 0.308. The Hall–Kier alpha value is -2.24. The second-order valence-corrected chi connectivity index (χ2v) is 4.06. The van der Waals surface area contributed by atoms with Gasteiger partial charge in [0.15, 0.2) is 0 Å². The van der Waals surface area contributed by atoms with Crippen molar-refractivity contribution in [2.75, 3.05) is 19.7 Å². The minimum Gasteiger partial charge on any atom is -0.493 e. The second-order valence-electron chi connectivity index (χ2n) is 3.62. The van der Waals surface area contributed by atoms with E-state index in [9.17, 15) is 4.79 Å². The standard InChI is InChI=1S/C13H12ClN3O2/c14-11-2-1-3-12(10-11)19-9-4-13(18)17(7-5-15)8-6-16/h1-3,10H,4,7-9H2. The minimum atomic E-state index is -0.287. The Morgan fingerprint density at radius 1 is 1.32 bits per heavy atom. The summed E-state index contributed by atoms with van der Waals surface area (Å²) in [7, 11) is 0. The van der Waals surface area contributed by atoms with Crippen LogP contribution in [0.3, 0.4) is 0 Å². The number of hydrogen-bond donors (Lipinski definition) is 0. The monoisotopic (exact) mass is 277 g/mol. The highest BCUT2D eigenvalue weighted by atomic mass is 35.5. The topological polar surface area (TPSA) is 77.1 Å². The van der Waals surface area contributed by atoms with Gasteiger partial charge in [0.05, 0.1) is 25.2 Å². The summed E-state index contributed by atoms with van der Waals surface area (Å²) >= 11 is 5.79. The molecule has 6 heteroatoms. The van der Waals surface area contributed by atoms with E-state index in [0.29, 0.717) is 10.8 Å². The summed E-state index contributed by atoms with van der Waals surface area (Å²) in [6, 6.07) is 10.5. The van der Waals surface area contributed by atoms with E-state index < -0.39 is 0 Å². The predicted molar refractivity (Wildman–Crippen MR) is 69.4 cm³/mol. The van der Waals surface area contributed by atoms with E-state index in [1.165, 1.54) is 4.90 Å². The molecule has 5 nitrogen and oxygen atoms in total. The van der Waals surface area contributed by atoms with E-state index in [1.54, 1.807) is 24.3 Å². The van der Waals surface area contributed by atoms with Gasteiger partial charge >= 0.3 is 0 Å². The zero-order valence-corrected chi connectivity index (χ0v) is 10.9. The largest absolute Gasteiger partial charge is 0.493 e. The number of amides is 1. The summed E-state index contributed by atoms with van der Waals surface area (Å²) in [5.74, 6) is 0.289. The van der Waals surface area contributed by atoms with Crippen LogP contribution in [-0.4, -0.2) is 30.5 Å². The zero-order valence-electron chi connectivity index (χ0n) is 10.2. The highest BCUT2D eigenvalue weighted by molar-refractivity contribution is 6.30. The van der Waals surface area contributed by atoms with Crippen LogP contribution in [0.5, 0.6) is 5.75 Å². The normalized spacial score (nSPS) is 9.21. The van der Waals surface area contributed by atoms with E-state index in [4.69, 9.17) is 26.9 Å². The van der Waals surface area contributed by atoms with Gasteiger partial charge in [-0.15, -0.1) is 0 Å². The molecule has 19 heavy (non-hydrogen) atoms. The maximum atomic E-state index is 11.7. The molecule has 0 spiro atoms. The molecule has 0 aliphatic heterocycles. The molecular formula is C13H12ClN3O2. The lowest BCUT2D eigenvalue weighted by atomic mass is 10.3. The van der Waals surface area contributed by atoms with Gasteiger partial charge in [-0.3, -0.25) is 4.79 Å². The Morgan fingerprint density at radius 2 is 2.00 bits per heavy atom. The Kier molecular flexibility index (Phi) is 6.21. The number of hydrogen-bond acceptors (Lipinski definition) is 4. The maximum absolute atomic E-state index is 11.7. The number of benzene rings is 1. The summed E-state index contributed by atoms with van der Waals surface area (Å²) in [6.45, 7) is -0.0142. The molecule has 0 N–H and O–H groups in total. The number of ether oxygens (including phenoxy) is 1. The SMILES string of the molecule is N#CCN(CC#N)C(=O)CCOc1cccc(Cl)c1. The molecule has 0 atom stereocenters. The van der Waals surface area contributed by atoms with Gasteiger partial charge in [-0.25, -0.2) is 0 Å². The molecule has 0 saturated carbocycles. The van der Waals surface area contributed by atoms with E-state index in [-0.39, 0.29) is 32.0 Å². The van der Waals surface area contributed by atoms with Crippen LogP contribution in [0.1, 0.15) is 6.42 Å². The van der Waals surface area contributed by atoms with Crippen LogP contribution in [0.4, 0.5) is 0 Å².